The maximum absolute atomic E-state index is 11.4. The molecule has 0 heterocycles. The highest BCUT2D eigenvalue weighted by atomic mass is 16.2. The summed E-state index contributed by atoms with van der Waals surface area (Å²) in [7, 11) is 0. The molecule has 0 aromatic heterocycles. The van der Waals surface area contributed by atoms with Crippen LogP contribution >= 0.6 is 0 Å². The average Bonchev–Trinajstić information content (AvgIpc) is 2.52. The van der Waals surface area contributed by atoms with E-state index in [-0.39, 0.29) is 40.9 Å². The minimum Gasteiger partial charge on any atom is -0.369 e. The van der Waals surface area contributed by atoms with Crippen LogP contribution in [0.3, 0.4) is 0 Å². The molecule has 2 bridgehead atoms. The molecule has 15 heavy (non-hydrogen) atoms. The summed E-state index contributed by atoms with van der Waals surface area (Å²) < 4.78 is 0. The lowest BCUT2D eigenvalue weighted by atomic mass is 9.78. The van der Waals surface area contributed by atoms with Crippen LogP contribution in [-0.2, 0) is 9.59 Å². The molecule has 0 spiro atoms. The van der Waals surface area contributed by atoms with Gasteiger partial charge in [0.25, 0.3) is 0 Å². The highest BCUT2D eigenvalue weighted by Gasteiger charge is 2.62. The van der Waals surface area contributed by atoms with Crippen molar-refractivity contribution in [2.45, 2.75) is 26.7 Å². The lowest BCUT2D eigenvalue weighted by Crippen LogP contribution is -2.41. The van der Waals surface area contributed by atoms with Crippen molar-refractivity contribution >= 4 is 11.8 Å². The molecule has 4 N–H and O–H groups in total. The van der Waals surface area contributed by atoms with E-state index in [9.17, 15) is 9.59 Å². The Labute approximate surface area is 89.4 Å². The van der Waals surface area contributed by atoms with Gasteiger partial charge in [0, 0.05) is 0 Å². The fourth-order valence-electron chi connectivity index (χ4n) is 3.91. The van der Waals surface area contributed by atoms with Gasteiger partial charge in [-0.3, -0.25) is 9.59 Å². The lowest BCUT2D eigenvalue weighted by Gasteiger charge is -2.25. The van der Waals surface area contributed by atoms with Gasteiger partial charge in [-0.1, -0.05) is 13.8 Å². The number of amides is 2. The summed E-state index contributed by atoms with van der Waals surface area (Å²) >= 11 is 0. The molecule has 2 fully saturated rings. The Hall–Kier alpha value is -1.06. The highest BCUT2D eigenvalue weighted by molar-refractivity contribution is 5.87. The van der Waals surface area contributed by atoms with E-state index in [1.165, 1.54) is 0 Å². The molecule has 4 heteroatoms. The summed E-state index contributed by atoms with van der Waals surface area (Å²) in [5.41, 5.74) is 10.8. The monoisotopic (exact) mass is 210 g/mol. The summed E-state index contributed by atoms with van der Waals surface area (Å²) in [6.07, 6.45) is 1.99. The van der Waals surface area contributed by atoms with Gasteiger partial charge in [0.1, 0.15) is 0 Å². The number of hydrogen-bond acceptors (Lipinski definition) is 2. The lowest BCUT2D eigenvalue weighted by molar-refractivity contribution is -0.133. The van der Waals surface area contributed by atoms with Gasteiger partial charge in [0.15, 0.2) is 0 Å². The van der Waals surface area contributed by atoms with Crippen LogP contribution in [0.5, 0.6) is 0 Å². The van der Waals surface area contributed by atoms with Crippen LogP contribution in [0.15, 0.2) is 0 Å². The van der Waals surface area contributed by atoms with Gasteiger partial charge in [0.05, 0.1) is 11.8 Å². The third-order valence-corrected chi connectivity index (χ3v) is 4.61. The summed E-state index contributed by atoms with van der Waals surface area (Å²) in [5, 5.41) is 0. The molecule has 4 atom stereocenters. The van der Waals surface area contributed by atoms with Gasteiger partial charge in [-0.25, -0.2) is 0 Å². The van der Waals surface area contributed by atoms with Crippen LogP contribution in [0, 0.1) is 29.1 Å². The smallest absolute Gasteiger partial charge is 0.221 e. The van der Waals surface area contributed by atoms with Gasteiger partial charge in [-0.05, 0) is 30.1 Å². The zero-order valence-corrected chi connectivity index (χ0v) is 9.19. The maximum Gasteiger partial charge on any atom is 0.221 e. The van der Waals surface area contributed by atoms with Crippen molar-refractivity contribution in [1.82, 2.24) is 0 Å². The van der Waals surface area contributed by atoms with Crippen LogP contribution < -0.4 is 11.5 Å². The zero-order valence-electron chi connectivity index (χ0n) is 9.19. The van der Waals surface area contributed by atoms with Gasteiger partial charge >= 0.3 is 0 Å². The molecule has 0 radical (unpaired) electrons. The second kappa shape index (κ2) is 2.97. The molecular weight excluding hydrogens is 192 g/mol. The fourth-order valence-corrected chi connectivity index (χ4v) is 3.91. The molecule has 0 aromatic rings. The summed E-state index contributed by atoms with van der Waals surface area (Å²) in [6.45, 7) is 4.24. The van der Waals surface area contributed by atoms with Gasteiger partial charge in [0.2, 0.25) is 11.8 Å². The van der Waals surface area contributed by atoms with E-state index in [0.717, 1.165) is 12.8 Å². The third kappa shape index (κ3) is 1.20. The van der Waals surface area contributed by atoms with Crippen LogP contribution in [0.25, 0.3) is 0 Å². The normalized spacial score (nSPS) is 41.7. The molecule has 0 saturated heterocycles. The number of primary amides is 2. The van der Waals surface area contributed by atoms with Crippen molar-refractivity contribution in [2.75, 3.05) is 0 Å². The van der Waals surface area contributed by atoms with Crippen LogP contribution in [0.2, 0.25) is 0 Å². The molecule has 4 nitrogen and oxygen atoms in total. The Kier molecular flexibility index (Phi) is 2.07. The van der Waals surface area contributed by atoms with E-state index in [2.05, 4.69) is 13.8 Å². The minimum absolute atomic E-state index is 0.0272. The van der Waals surface area contributed by atoms with Crippen molar-refractivity contribution in [3.05, 3.63) is 0 Å². The number of carbonyl (C=O) groups is 2. The van der Waals surface area contributed by atoms with E-state index >= 15 is 0 Å². The van der Waals surface area contributed by atoms with Gasteiger partial charge in [-0.2, -0.15) is 0 Å². The van der Waals surface area contributed by atoms with Crippen molar-refractivity contribution < 1.29 is 9.59 Å². The van der Waals surface area contributed by atoms with E-state index in [1.807, 2.05) is 0 Å². The Morgan fingerprint density at radius 3 is 1.60 bits per heavy atom. The summed E-state index contributed by atoms with van der Waals surface area (Å²) in [4.78, 5) is 22.8. The molecule has 0 aliphatic heterocycles. The first-order valence-electron chi connectivity index (χ1n) is 5.46. The van der Waals surface area contributed by atoms with E-state index in [1.54, 1.807) is 0 Å². The number of fused-ring (bicyclic) bond motifs is 2. The predicted molar refractivity (Wildman–Crippen MR) is 55.4 cm³/mol. The first-order chi connectivity index (χ1) is 6.87. The summed E-state index contributed by atoms with van der Waals surface area (Å²) in [5.74, 6) is -0.930. The molecule has 2 amide bonds. The van der Waals surface area contributed by atoms with E-state index < -0.39 is 0 Å². The van der Waals surface area contributed by atoms with E-state index in [0.29, 0.717) is 0 Å². The topological polar surface area (TPSA) is 86.2 Å². The van der Waals surface area contributed by atoms with Crippen LogP contribution in [0.4, 0.5) is 0 Å². The van der Waals surface area contributed by atoms with Crippen molar-refractivity contribution in [3.8, 4) is 0 Å². The van der Waals surface area contributed by atoms with Gasteiger partial charge in [-0.15, -0.1) is 0 Å². The van der Waals surface area contributed by atoms with Gasteiger partial charge < -0.3 is 11.5 Å². The fraction of sp³-hybridized carbons (Fsp3) is 0.818. The molecule has 2 saturated carbocycles. The van der Waals surface area contributed by atoms with Crippen molar-refractivity contribution in [3.63, 3.8) is 0 Å². The number of carbonyl (C=O) groups excluding carboxylic acids is 2. The molecule has 84 valence electrons. The Balaban J connectivity index is 2.40. The highest BCUT2D eigenvalue weighted by Crippen LogP contribution is 2.62. The number of hydrogen-bond donors (Lipinski definition) is 2. The van der Waals surface area contributed by atoms with Crippen LogP contribution in [0.1, 0.15) is 26.7 Å². The maximum atomic E-state index is 11.4. The molecule has 2 aliphatic rings. The Bertz CT molecular complexity index is 295. The Morgan fingerprint density at radius 1 is 1.00 bits per heavy atom. The predicted octanol–water partition coefficient (Wildman–Crippen LogP) is 0.255. The first-order valence-corrected chi connectivity index (χ1v) is 5.46. The average molecular weight is 210 g/mol. The summed E-state index contributed by atoms with van der Waals surface area (Å²) in [6, 6.07) is 0. The molecule has 2 aliphatic carbocycles. The van der Waals surface area contributed by atoms with Crippen molar-refractivity contribution in [2.24, 2.45) is 40.6 Å². The first kappa shape index (κ1) is 10.5. The molecule has 0 aromatic carbocycles. The number of rotatable bonds is 2. The number of nitrogens with two attached hydrogens (primary N) is 2. The molecule has 4 unspecified atom stereocenters. The van der Waals surface area contributed by atoms with Crippen molar-refractivity contribution in [1.29, 1.82) is 0 Å². The van der Waals surface area contributed by atoms with Crippen LogP contribution in [-0.4, -0.2) is 11.8 Å². The minimum atomic E-state index is -0.362. The van der Waals surface area contributed by atoms with E-state index in [4.69, 9.17) is 11.5 Å². The second-order valence-electron chi connectivity index (χ2n) is 5.47. The molecular formula is C11H18N2O2. The third-order valence-electron chi connectivity index (χ3n) is 4.61. The second-order valence-corrected chi connectivity index (χ2v) is 5.47. The Morgan fingerprint density at radius 2 is 1.33 bits per heavy atom. The standard InChI is InChI=1S/C11H18N2O2/c1-11(2)5-3-4-6(11)8(10(13)15)7(5)9(12)14/h5-8H,3-4H2,1-2H3,(H2,12,14)(H2,13,15). The quantitative estimate of drug-likeness (QED) is 0.684. The zero-order chi connectivity index (χ0) is 11.4. The SMILES string of the molecule is CC1(C)C2CCC1C(C(N)=O)C2C(N)=O. The molecule has 2 rings (SSSR count). The largest absolute Gasteiger partial charge is 0.369 e.